The average molecular weight is 327 g/mol. The maximum atomic E-state index is 8.88. The number of pyridine rings is 1. The lowest BCUT2D eigenvalue weighted by atomic mass is 10.1. The molecule has 1 aromatic carbocycles. The Morgan fingerprint density at radius 3 is 2.83 bits per heavy atom. The molecule has 2 atom stereocenters. The molecule has 1 N–H and O–H groups in total. The quantitative estimate of drug-likeness (QED) is 0.933. The number of nitriles is 1. The van der Waals surface area contributed by atoms with Crippen LogP contribution in [0.1, 0.15) is 18.1 Å². The number of rotatable bonds is 4. The van der Waals surface area contributed by atoms with E-state index in [-0.39, 0.29) is 0 Å². The van der Waals surface area contributed by atoms with Crippen LogP contribution in [-0.4, -0.2) is 29.0 Å². The molecular formula is C18H19ClN4. The van der Waals surface area contributed by atoms with Crippen LogP contribution in [0.5, 0.6) is 0 Å². The predicted octanol–water partition coefficient (Wildman–Crippen LogP) is 3.54. The summed E-state index contributed by atoms with van der Waals surface area (Å²) < 4.78 is 0. The Morgan fingerprint density at radius 2 is 2.13 bits per heavy atom. The predicted molar refractivity (Wildman–Crippen MR) is 92.3 cm³/mol. The molecule has 3 rings (SSSR count). The highest BCUT2D eigenvalue weighted by Crippen LogP contribution is 2.26. The highest BCUT2D eigenvalue weighted by molar-refractivity contribution is 6.33. The molecule has 2 aromatic rings. The number of hydrogen-bond acceptors (Lipinski definition) is 4. The van der Waals surface area contributed by atoms with Gasteiger partial charge in [-0.15, -0.1) is 0 Å². The Kier molecular flexibility index (Phi) is 4.80. The molecule has 1 aliphatic heterocycles. The largest absolute Gasteiger partial charge is 0.364 e. The van der Waals surface area contributed by atoms with Gasteiger partial charge < -0.3 is 5.32 Å². The van der Waals surface area contributed by atoms with Crippen molar-refractivity contribution < 1.29 is 0 Å². The fourth-order valence-corrected chi connectivity index (χ4v) is 3.23. The van der Waals surface area contributed by atoms with Crippen LogP contribution in [0.3, 0.4) is 0 Å². The Morgan fingerprint density at radius 1 is 1.35 bits per heavy atom. The lowest BCUT2D eigenvalue weighted by molar-refractivity contribution is 0.319. The van der Waals surface area contributed by atoms with E-state index in [0.29, 0.717) is 28.4 Å². The van der Waals surface area contributed by atoms with Crippen LogP contribution in [0.25, 0.3) is 0 Å². The van der Waals surface area contributed by atoms with Crippen molar-refractivity contribution in [3.05, 3.63) is 58.7 Å². The summed E-state index contributed by atoms with van der Waals surface area (Å²) in [4.78, 5) is 6.71. The third-order valence-electron chi connectivity index (χ3n) is 4.23. The van der Waals surface area contributed by atoms with Gasteiger partial charge in [-0.05, 0) is 17.5 Å². The topological polar surface area (TPSA) is 52.0 Å². The molecule has 118 valence electrons. The zero-order valence-corrected chi connectivity index (χ0v) is 13.8. The molecule has 0 aliphatic carbocycles. The monoisotopic (exact) mass is 326 g/mol. The van der Waals surface area contributed by atoms with E-state index < -0.39 is 0 Å². The van der Waals surface area contributed by atoms with E-state index >= 15 is 0 Å². The summed E-state index contributed by atoms with van der Waals surface area (Å²) in [6.07, 6.45) is 1.55. The van der Waals surface area contributed by atoms with Gasteiger partial charge in [0.15, 0.2) is 0 Å². The molecule has 4 nitrogen and oxygen atoms in total. The molecule has 2 heterocycles. The normalized spacial score (nSPS) is 21.1. The van der Waals surface area contributed by atoms with Crippen LogP contribution >= 0.6 is 11.6 Å². The SMILES string of the molecule is CC1CN(Cc2ccccc2)CC1Nc1ncc(C#N)cc1Cl. The number of benzene rings is 1. The minimum atomic E-state index is 0.302. The molecular weight excluding hydrogens is 308 g/mol. The highest BCUT2D eigenvalue weighted by atomic mass is 35.5. The Bertz CT molecular complexity index is 711. The lowest BCUT2D eigenvalue weighted by Gasteiger charge is -2.18. The van der Waals surface area contributed by atoms with Gasteiger partial charge in [-0.2, -0.15) is 5.26 Å². The van der Waals surface area contributed by atoms with E-state index in [2.05, 4.69) is 46.4 Å². The summed E-state index contributed by atoms with van der Waals surface area (Å²) >= 11 is 6.21. The van der Waals surface area contributed by atoms with Crippen LogP contribution in [0.4, 0.5) is 5.82 Å². The number of halogens is 1. The Labute approximate surface area is 141 Å². The van der Waals surface area contributed by atoms with Crippen LogP contribution < -0.4 is 5.32 Å². The van der Waals surface area contributed by atoms with Gasteiger partial charge in [-0.1, -0.05) is 48.9 Å². The molecule has 23 heavy (non-hydrogen) atoms. The first-order valence-electron chi connectivity index (χ1n) is 7.74. The molecule has 0 bridgehead atoms. The van der Waals surface area contributed by atoms with Crippen molar-refractivity contribution in [2.45, 2.75) is 19.5 Å². The molecule has 1 aromatic heterocycles. The van der Waals surface area contributed by atoms with Crippen molar-refractivity contribution >= 4 is 17.4 Å². The summed E-state index contributed by atoms with van der Waals surface area (Å²) in [6.45, 7) is 5.19. The van der Waals surface area contributed by atoms with E-state index in [0.717, 1.165) is 19.6 Å². The number of likely N-dealkylation sites (tertiary alicyclic amines) is 1. The van der Waals surface area contributed by atoms with Crippen molar-refractivity contribution in [1.82, 2.24) is 9.88 Å². The molecule has 0 radical (unpaired) electrons. The average Bonchev–Trinajstić information content (AvgIpc) is 2.89. The number of anilines is 1. The van der Waals surface area contributed by atoms with Crippen LogP contribution in [-0.2, 0) is 6.54 Å². The fraction of sp³-hybridized carbons (Fsp3) is 0.333. The molecule has 0 spiro atoms. The maximum absolute atomic E-state index is 8.88. The van der Waals surface area contributed by atoms with Crippen molar-refractivity contribution in [1.29, 1.82) is 5.26 Å². The second kappa shape index (κ2) is 6.99. The van der Waals surface area contributed by atoms with E-state index in [1.807, 2.05) is 12.1 Å². The fourth-order valence-electron chi connectivity index (χ4n) is 3.01. The zero-order valence-electron chi connectivity index (χ0n) is 13.0. The molecule has 2 unspecified atom stereocenters. The van der Waals surface area contributed by atoms with E-state index in [9.17, 15) is 0 Å². The highest BCUT2D eigenvalue weighted by Gasteiger charge is 2.30. The van der Waals surface area contributed by atoms with Gasteiger partial charge in [0, 0.05) is 31.9 Å². The first-order chi connectivity index (χ1) is 11.2. The second-order valence-corrected chi connectivity index (χ2v) is 6.48. The number of nitrogens with one attached hydrogen (secondary N) is 1. The van der Waals surface area contributed by atoms with Crippen molar-refractivity contribution in [2.75, 3.05) is 18.4 Å². The van der Waals surface area contributed by atoms with Gasteiger partial charge in [-0.25, -0.2) is 4.98 Å². The minimum absolute atomic E-state index is 0.302. The maximum Gasteiger partial charge on any atom is 0.145 e. The summed E-state index contributed by atoms with van der Waals surface area (Å²) in [7, 11) is 0. The van der Waals surface area contributed by atoms with Gasteiger partial charge in [0.1, 0.15) is 11.9 Å². The van der Waals surface area contributed by atoms with Gasteiger partial charge in [0.05, 0.1) is 10.6 Å². The van der Waals surface area contributed by atoms with Crippen molar-refractivity contribution in [2.24, 2.45) is 5.92 Å². The van der Waals surface area contributed by atoms with Crippen LogP contribution in [0.15, 0.2) is 42.6 Å². The lowest BCUT2D eigenvalue weighted by Crippen LogP contribution is -2.28. The number of nitrogens with zero attached hydrogens (tertiary/aromatic N) is 3. The minimum Gasteiger partial charge on any atom is -0.364 e. The summed E-state index contributed by atoms with van der Waals surface area (Å²) in [5.41, 5.74) is 1.81. The first kappa shape index (κ1) is 15.8. The molecule has 0 amide bonds. The second-order valence-electron chi connectivity index (χ2n) is 6.07. The third-order valence-corrected chi connectivity index (χ3v) is 4.52. The zero-order chi connectivity index (χ0) is 16.2. The van der Waals surface area contributed by atoms with Gasteiger partial charge in [0.25, 0.3) is 0 Å². The smallest absolute Gasteiger partial charge is 0.145 e. The first-order valence-corrected chi connectivity index (χ1v) is 8.12. The standard InChI is InChI=1S/C18H19ClN4/c1-13-10-23(11-14-5-3-2-4-6-14)12-17(13)22-18-16(19)7-15(8-20)9-21-18/h2-7,9,13,17H,10-12H2,1H3,(H,21,22). The van der Waals surface area contributed by atoms with Gasteiger partial charge >= 0.3 is 0 Å². The third kappa shape index (κ3) is 3.82. The molecule has 0 saturated carbocycles. The van der Waals surface area contributed by atoms with E-state index in [1.165, 1.54) is 5.56 Å². The molecule has 1 fully saturated rings. The van der Waals surface area contributed by atoms with Crippen molar-refractivity contribution in [3.63, 3.8) is 0 Å². The van der Waals surface area contributed by atoms with E-state index in [4.69, 9.17) is 16.9 Å². The Balaban J connectivity index is 1.64. The summed E-state index contributed by atoms with van der Waals surface area (Å²) in [6, 6.07) is 14.5. The number of hydrogen-bond donors (Lipinski definition) is 1. The van der Waals surface area contributed by atoms with Crippen LogP contribution in [0.2, 0.25) is 5.02 Å². The molecule has 1 aliphatic rings. The van der Waals surface area contributed by atoms with Gasteiger partial charge in [-0.3, -0.25) is 4.90 Å². The summed E-state index contributed by atoms with van der Waals surface area (Å²) in [5.74, 6) is 1.16. The van der Waals surface area contributed by atoms with E-state index in [1.54, 1.807) is 12.3 Å². The summed E-state index contributed by atoms with van der Waals surface area (Å²) in [5, 5.41) is 12.8. The van der Waals surface area contributed by atoms with Crippen LogP contribution in [0, 0.1) is 17.2 Å². The van der Waals surface area contributed by atoms with Gasteiger partial charge in [0.2, 0.25) is 0 Å². The molecule has 5 heteroatoms. The van der Waals surface area contributed by atoms with Crippen molar-refractivity contribution in [3.8, 4) is 6.07 Å². The molecule has 1 saturated heterocycles. The Hall–Kier alpha value is -2.09. The number of aromatic nitrogens is 1.